The Hall–Kier alpha value is -12.6. The maximum atomic E-state index is 8.01. The lowest BCUT2D eigenvalue weighted by Gasteiger charge is -2.46. The van der Waals surface area contributed by atoms with Crippen molar-refractivity contribution in [3.05, 3.63) is 368 Å². The summed E-state index contributed by atoms with van der Waals surface area (Å²) >= 11 is 0. The Bertz CT molecular complexity index is 5940. The van der Waals surface area contributed by atoms with Gasteiger partial charge in [-0.3, -0.25) is 0 Å². The van der Waals surface area contributed by atoms with Gasteiger partial charge in [0, 0.05) is 78.8 Å². The van der Waals surface area contributed by atoms with E-state index in [0.29, 0.717) is 0 Å². The second kappa shape index (κ2) is 27.7. The summed E-state index contributed by atoms with van der Waals surface area (Å²) in [6, 6.07) is 130. The summed E-state index contributed by atoms with van der Waals surface area (Å²) in [4.78, 5) is 10.3. The standard InChI is InChI=1S/C106H93BN4O/c1-103(2,3)76-48-56-80(57-49-76)108(81-58-50-77(51-59-81)104(4,5)6)84-64-65-90-91(68-84)110(100-85(71-34-20-14-21-35-71)43-30-44-86(100)72-36-22-15-23-37-72)93-66-75(70-32-18-13-19-33-70)67-94-98(93)107(90)99-95(111(94)101-87(73-38-24-16-25-39-73)45-31-46-88(101)74-40-26-17-27-41-74)69-92(97-89-42-28-29-47-96(89)112-102(97)99)109(82-60-52-78(53-61-82)105(7,8)9)83-62-54-79(55-63-83)106(10,11)12/h13-69H,1-12H3. The van der Waals surface area contributed by atoms with Gasteiger partial charge in [-0.15, -0.1) is 0 Å². The quantitative estimate of drug-likeness (QED) is 0.107. The molecule has 0 spiro atoms. The molecule has 2 aliphatic heterocycles. The molecule has 6 heteroatoms. The molecule has 1 aromatic heterocycles. The van der Waals surface area contributed by atoms with E-state index in [1.165, 1.54) is 22.3 Å². The minimum atomic E-state index is -0.442. The molecule has 3 heterocycles. The molecule has 0 amide bonds. The SMILES string of the molecule is CC(C)(C)c1ccc(N(c2ccc(C(C)(C)C)cc2)c2ccc3c(c2)N(c2c(-c4ccccc4)cccc2-c2ccccc2)c2cc(-c4ccccc4)cc4c2B3c2c(cc(N(c3ccc(C(C)(C)C)cc3)c3ccc(C(C)(C)C)cc3)c3c2oc2ccccc23)N4c2c(-c3ccccc3)cccc2-c2ccccc2)cc1. The molecule has 0 saturated heterocycles. The highest BCUT2D eigenvalue weighted by Gasteiger charge is 2.48. The van der Waals surface area contributed by atoms with E-state index in [4.69, 9.17) is 4.42 Å². The van der Waals surface area contributed by atoms with Crippen molar-refractivity contribution in [1.29, 1.82) is 0 Å². The lowest BCUT2D eigenvalue weighted by molar-refractivity contribution is 0.590. The third-order valence-electron chi connectivity index (χ3n) is 23.1. The fourth-order valence-corrected chi connectivity index (χ4v) is 17.2. The van der Waals surface area contributed by atoms with Crippen molar-refractivity contribution in [1.82, 2.24) is 0 Å². The molecule has 5 nitrogen and oxygen atoms in total. The van der Waals surface area contributed by atoms with Gasteiger partial charge in [-0.05, 0) is 179 Å². The first-order valence-electron chi connectivity index (χ1n) is 39.6. The molecule has 546 valence electrons. The Labute approximate surface area is 661 Å². The Kier molecular flexibility index (Phi) is 17.6. The highest BCUT2D eigenvalue weighted by molar-refractivity contribution is 7.01. The average Bonchev–Trinajstić information content (AvgIpc) is 0.958. The Balaban J connectivity index is 1.04. The summed E-state index contributed by atoms with van der Waals surface area (Å²) in [5.74, 6) is 0. The molecule has 0 fully saturated rings. The molecule has 18 rings (SSSR count). The number of hydrogen-bond donors (Lipinski definition) is 0. The molecule has 0 saturated carbocycles. The molecule has 0 atom stereocenters. The van der Waals surface area contributed by atoms with E-state index in [2.05, 4.69) is 448 Å². The van der Waals surface area contributed by atoms with Gasteiger partial charge in [0.15, 0.2) is 0 Å². The third-order valence-corrected chi connectivity index (χ3v) is 23.1. The molecule has 0 bridgehead atoms. The van der Waals surface area contributed by atoms with Crippen molar-refractivity contribution in [3.8, 4) is 55.6 Å². The zero-order valence-corrected chi connectivity index (χ0v) is 66.2. The van der Waals surface area contributed by atoms with Crippen molar-refractivity contribution in [2.24, 2.45) is 0 Å². The number of furan rings is 1. The highest BCUT2D eigenvalue weighted by atomic mass is 16.3. The van der Waals surface area contributed by atoms with Crippen LogP contribution in [0.1, 0.15) is 105 Å². The zero-order valence-electron chi connectivity index (χ0n) is 66.2. The number of rotatable bonds is 13. The van der Waals surface area contributed by atoms with Crippen molar-refractivity contribution < 1.29 is 4.42 Å². The number of benzene rings is 15. The van der Waals surface area contributed by atoms with Crippen LogP contribution in [0.5, 0.6) is 0 Å². The zero-order chi connectivity index (χ0) is 77.0. The van der Waals surface area contributed by atoms with Gasteiger partial charge in [0.05, 0.1) is 22.4 Å². The summed E-state index contributed by atoms with van der Waals surface area (Å²) in [5, 5.41) is 2.07. The van der Waals surface area contributed by atoms with E-state index in [0.717, 1.165) is 162 Å². The molecule has 15 aromatic carbocycles. The lowest BCUT2D eigenvalue weighted by atomic mass is 9.33. The first-order chi connectivity index (χ1) is 54.1. The molecular weight excluding hydrogens is 1360 g/mol. The van der Waals surface area contributed by atoms with E-state index in [-0.39, 0.29) is 21.7 Å². The van der Waals surface area contributed by atoms with Gasteiger partial charge in [0.2, 0.25) is 0 Å². The predicted octanol–water partition coefficient (Wildman–Crippen LogP) is 28.1. The summed E-state index contributed by atoms with van der Waals surface area (Å²) < 4.78 is 8.01. The monoisotopic (exact) mass is 1450 g/mol. The second-order valence-corrected chi connectivity index (χ2v) is 34.5. The maximum absolute atomic E-state index is 8.01. The van der Waals surface area contributed by atoms with Crippen molar-refractivity contribution in [2.45, 2.75) is 105 Å². The van der Waals surface area contributed by atoms with Crippen LogP contribution in [0.4, 0.5) is 68.2 Å². The van der Waals surface area contributed by atoms with Gasteiger partial charge >= 0.3 is 0 Å². The van der Waals surface area contributed by atoms with E-state index in [1.54, 1.807) is 0 Å². The highest BCUT2D eigenvalue weighted by Crippen LogP contribution is 2.57. The Morgan fingerprint density at radius 1 is 0.268 bits per heavy atom. The summed E-state index contributed by atoms with van der Waals surface area (Å²) in [6.45, 7) is 27.1. The molecule has 0 radical (unpaired) electrons. The average molecular weight is 1450 g/mol. The van der Waals surface area contributed by atoms with Crippen molar-refractivity contribution >= 4 is 113 Å². The van der Waals surface area contributed by atoms with Gasteiger partial charge in [0.25, 0.3) is 6.71 Å². The Morgan fingerprint density at radius 3 is 0.982 bits per heavy atom. The number of hydrogen-bond acceptors (Lipinski definition) is 5. The summed E-state index contributed by atoms with van der Waals surface area (Å²) in [7, 11) is 0. The van der Waals surface area contributed by atoms with Crippen LogP contribution in [0.15, 0.2) is 350 Å². The maximum Gasteiger partial charge on any atom is 0.257 e. The first-order valence-corrected chi connectivity index (χ1v) is 39.6. The fraction of sp³-hybridized carbons (Fsp3) is 0.151. The van der Waals surface area contributed by atoms with E-state index < -0.39 is 6.71 Å². The lowest BCUT2D eigenvalue weighted by Crippen LogP contribution is -2.61. The van der Waals surface area contributed by atoms with Crippen LogP contribution in [-0.2, 0) is 21.7 Å². The van der Waals surface area contributed by atoms with Crippen molar-refractivity contribution in [3.63, 3.8) is 0 Å². The number of fused-ring (bicyclic) bond motifs is 8. The third kappa shape index (κ3) is 12.6. The minimum absolute atomic E-state index is 0.0597. The minimum Gasteiger partial charge on any atom is -0.456 e. The smallest absolute Gasteiger partial charge is 0.257 e. The van der Waals surface area contributed by atoms with Crippen LogP contribution < -0.4 is 36.0 Å². The molecule has 0 unspecified atom stereocenters. The van der Waals surface area contributed by atoms with Crippen LogP contribution in [0, 0.1) is 0 Å². The molecule has 16 aromatic rings. The molecule has 0 N–H and O–H groups in total. The number of nitrogens with zero attached hydrogens (tertiary/aromatic N) is 4. The largest absolute Gasteiger partial charge is 0.456 e. The van der Waals surface area contributed by atoms with Crippen LogP contribution in [0.2, 0.25) is 0 Å². The summed E-state index contributed by atoms with van der Waals surface area (Å²) in [6.07, 6.45) is 0. The topological polar surface area (TPSA) is 26.1 Å². The van der Waals surface area contributed by atoms with Crippen LogP contribution in [0.25, 0.3) is 77.6 Å². The van der Waals surface area contributed by atoms with Gasteiger partial charge < -0.3 is 24.0 Å². The fourth-order valence-electron chi connectivity index (χ4n) is 17.2. The van der Waals surface area contributed by atoms with Crippen LogP contribution >= 0.6 is 0 Å². The van der Waals surface area contributed by atoms with Crippen LogP contribution in [0.3, 0.4) is 0 Å². The van der Waals surface area contributed by atoms with E-state index in [9.17, 15) is 0 Å². The van der Waals surface area contributed by atoms with Crippen LogP contribution in [-0.4, -0.2) is 6.71 Å². The normalized spacial score (nSPS) is 12.8. The predicted molar refractivity (Wildman–Crippen MR) is 479 cm³/mol. The van der Waals surface area contributed by atoms with E-state index >= 15 is 0 Å². The molecule has 112 heavy (non-hydrogen) atoms. The summed E-state index contributed by atoms with van der Waals surface area (Å²) in [5.41, 5.74) is 33.3. The Morgan fingerprint density at radius 2 is 0.598 bits per heavy atom. The van der Waals surface area contributed by atoms with E-state index in [1.807, 2.05) is 0 Å². The van der Waals surface area contributed by atoms with Crippen molar-refractivity contribution in [2.75, 3.05) is 19.6 Å². The van der Waals surface area contributed by atoms with Gasteiger partial charge in [0.1, 0.15) is 11.2 Å². The number of anilines is 12. The molecule has 0 aliphatic carbocycles. The van der Waals surface area contributed by atoms with Gasteiger partial charge in [-0.25, -0.2) is 0 Å². The number of para-hydroxylation sites is 3. The molecular formula is C106H93BN4O. The second-order valence-electron chi connectivity index (χ2n) is 34.5. The molecule has 2 aliphatic rings. The first kappa shape index (κ1) is 71.0. The van der Waals surface area contributed by atoms with Gasteiger partial charge in [-0.2, -0.15) is 0 Å². The van der Waals surface area contributed by atoms with Gasteiger partial charge in [-0.1, -0.05) is 344 Å².